The lowest BCUT2D eigenvalue weighted by Crippen LogP contribution is -2.10. The number of nitrogens with zero attached hydrogens (tertiary/aromatic N) is 3. The highest BCUT2D eigenvalue weighted by Gasteiger charge is 2.34. The van der Waals surface area contributed by atoms with Gasteiger partial charge in [0.15, 0.2) is 5.65 Å². The molecule has 10 heteroatoms. The first-order valence-corrected chi connectivity index (χ1v) is 8.88. The number of benzene rings is 2. The molecule has 0 radical (unpaired) electrons. The second-order valence-electron chi connectivity index (χ2n) is 6.94. The average molecular weight is 437 g/mol. The van der Waals surface area contributed by atoms with Gasteiger partial charge in [0.2, 0.25) is 0 Å². The number of hydrogen-bond donors (Lipinski definition) is 1. The summed E-state index contributed by atoms with van der Waals surface area (Å²) < 4.78 is 83.4. The maximum Gasteiger partial charge on any atom is 0.416 e. The molecule has 0 aliphatic rings. The minimum atomic E-state index is -4.58. The monoisotopic (exact) mass is 437 g/mol. The minimum absolute atomic E-state index is 0.0439. The van der Waals surface area contributed by atoms with Crippen molar-refractivity contribution in [1.29, 1.82) is 0 Å². The normalized spacial score (nSPS) is 12.5. The minimum Gasteiger partial charge on any atom is -0.508 e. The molecule has 31 heavy (non-hydrogen) atoms. The van der Waals surface area contributed by atoms with Gasteiger partial charge in [0.05, 0.1) is 23.1 Å². The van der Waals surface area contributed by atoms with Crippen LogP contribution in [0.4, 0.5) is 26.3 Å². The Bertz CT molecular complexity index is 1290. The first-order chi connectivity index (χ1) is 14.4. The van der Waals surface area contributed by atoms with E-state index in [-0.39, 0.29) is 28.2 Å². The third-order valence-electron chi connectivity index (χ3n) is 4.62. The summed E-state index contributed by atoms with van der Waals surface area (Å²) in [5.41, 5.74) is -2.11. The molecular weight excluding hydrogens is 424 g/mol. The summed E-state index contributed by atoms with van der Waals surface area (Å²) in [5.74, 6) is -4.82. The van der Waals surface area contributed by atoms with Gasteiger partial charge in [0.25, 0.3) is 5.92 Å². The maximum atomic E-state index is 14.5. The Morgan fingerprint density at radius 1 is 1.00 bits per heavy atom. The van der Waals surface area contributed by atoms with Crippen LogP contribution in [0.1, 0.15) is 18.2 Å². The van der Waals surface area contributed by atoms with Crippen molar-refractivity contribution >= 4 is 5.65 Å². The SMILES string of the molecule is CC(F)(F)c1nc2cnc(-c3cccc(C(F)(F)F)c3)cn2c1-c1ccc(O)cc1F. The summed E-state index contributed by atoms with van der Waals surface area (Å²) in [4.78, 5) is 7.89. The molecule has 4 rings (SSSR count). The Kier molecular flexibility index (Phi) is 4.68. The highest BCUT2D eigenvalue weighted by molar-refractivity contribution is 5.71. The quantitative estimate of drug-likeness (QED) is 0.398. The molecule has 0 aliphatic carbocycles. The lowest BCUT2D eigenvalue weighted by atomic mass is 10.1. The fraction of sp³-hybridized carbons (Fsp3) is 0.143. The number of fused-ring (bicyclic) bond motifs is 1. The topological polar surface area (TPSA) is 50.4 Å². The summed E-state index contributed by atoms with van der Waals surface area (Å²) in [6, 6.07) is 7.37. The zero-order chi connectivity index (χ0) is 22.6. The van der Waals surface area contributed by atoms with E-state index in [1.54, 1.807) is 0 Å². The van der Waals surface area contributed by atoms with Gasteiger partial charge in [-0.05, 0) is 24.3 Å². The van der Waals surface area contributed by atoms with Gasteiger partial charge in [0, 0.05) is 30.3 Å². The summed E-state index contributed by atoms with van der Waals surface area (Å²) in [5, 5.41) is 9.45. The molecule has 4 aromatic rings. The van der Waals surface area contributed by atoms with Crippen LogP contribution < -0.4 is 0 Å². The second kappa shape index (κ2) is 7.00. The van der Waals surface area contributed by atoms with Gasteiger partial charge >= 0.3 is 6.18 Å². The standard InChI is InChI=1S/C21H13F6N3O/c1-20(23,24)19-18(14-6-5-13(31)8-15(14)22)30-10-16(28-9-17(30)29-19)11-3-2-4-12(7-11)21(25,26)27/h2-10,31H,1H3. The molecule has 2 aromatic heterocycles. The van der Waals surface area contributed by atoms with E-state index < -0.39 is 34.9 Å². The number of halogens is 6. The molecule has 0 fully saturated rings. The Labute approximate surface area is 171 Å². The summed E-state index contributed by atoms with van der Waals surface area (Å²) in [6.07, 6.45) is -2.24. The highest BCUT2D eigenvalue weighted by atomic mass is 19.4. The Morgan fingerprint density at radius 2 is 1.74 bits per heavy atom. The van der Waals surface area contributed by atoms with E-state index in [4.69, 9.17) is 0 Å². The van der Waals surface area contributed by atoms with E-state index in [1.807, 2.05) is 0 Å². The summed E-state index contributed by atoms with van der Waals surface area (Å²) >= 11 is 0. The van der Waals surface area contributed by atoms with E-state index in [0.717, 1.165) is 40.9 Å². The zero-order valence-corrected chi connectivity index (χ0v) is 15.8. The number of phenols is 1. The first-order valence-electron chi connectivity index (χ1n) is 8.88. The van der Waals surface area contributed by atoms with Crippen LogP contribution >= 0.6 is 0 Å². The number of imidazole rings is 1. The zero-order valence-electron chi connectivity index (χ0n) is 15.8. The molecule has 0 aliphatic heterocycles. The van der Waals surface area contributed by atoms with E-state index in [1.165, 1.54) is 18.3 Å². The number of phenolic OH excluding ortho intramolecular Hbond substituents is 1. The van der Waals surface area contributed by atoms with Crippen molar-refractivity contribution in [3.8, 4) is 28.3 Å². The molecular formula is C21H13F6N3O. The molecule has 0 saturated heterocycles. The van der Waals surface area contributed by atoms with E-state index in [0.29, 0.717) is 6.92 Å². The average Bonchev–Trinajstić information content (AvgIpc) is 3.06. The molecule has 1 N–H and O–H groups in total. The van der Waals surface area contributed by atoms with Crippen LogP contribution in [-0.2, 0) is 12.1 Å². The molecule has 2 heterocycles. The number of rotatable bonds is 3. The predicted molar refractivity (Wildman–Crippen MR) is 100 cm³/mol. The molecule has 160 valence electrons. The van der Waals surface area contributed by atoms with Crippen LogP contribution in [0.2, 0.25) is 0 Å². The maximum absolute atomic E-state index is 14.5. The van der Waals surface area contributed by atoms with Crippen LogP contribution in [0.5, 0.6) is 5.75 Å². The van der Waals surface area contributed by atoms with Crippen LogP contribution in [0.15, 0.2) is 54.9 Å². The Balaban J connectivity index is 1.98. The summed E-state index contributed by atoms with van der Waals surface area (Å²) in [6.45, 7) is 0.595. The van der Waals surface area contributed by atoms with E-state index >= 15 is 0 Å². The van der Waals surface area contributed by atoms with Crippen LogP contribution in [0, 0.1) is 5.82 Å². The number of aromatic nitrogens is 3. The van der Waals surface area contributed by atoms with E-state index in [2.05, 4.69) is 9.97 Å². The van der Waals surface area contributed by atoms with Crippen LogP contribution in [0.25, 0.3) is 28.2 Å². The van der Waals surface area contributed by atoms with Crippen molar-refractivity contribution in [2.24, 2.45) is 0 Å². The van der Waals surface area contributed by atoms with Crippen molar-refractivity contribution in [3.05, 3.63) is 71.9 Å². The second-order valence-corrected chi connectivity index (χ2v) is 6.94. The van der Waals surface area contributed by atoms with Crippen molar-refractivity contribution in [1.82, 2.24) is 14.4 Å². The lowest BCUT2D eigenvalue weighted by molar-refractivity contribution is -0.137. The number of hydrogen-bond acceptors (Lipinski definition) is 3. The molecule has 0 bridgehead atoms. The molecule has 0 amide bonds. The van der Waals surface area contributed by atoms with Crippen molar-refractivity contribution in [2.45, 2.75) is 19.0 Å². The number of aromatic hydroxyl groups is 1. The van der Waals surface area contributed by atoms with Gasteiger partial charge in [-0.15, -0.1) is 0 Å². The van der Waals surface area contributed by atoms with Crippen molar-refractivity contribution in [2.75, 3.05) is 0 Å². The van der Waals surface area contributed by atoms with Crippen molar-refractivity contribution in [3.63, 3.8) is 0 Å². The smallest absolute Gasteiger partial charge is 0.416 e. The van der Waals surface area contributed by atoms with Crippen LogP contribution in [-0.4, -0.2) is 19.5 Å². The number of alkyl halides is 5. The van der Waals surface area contributed by atoms with Gasteiger partial charge in [-0.1, -0.05) is 12.1 Å². The van der Waals surface area contributed by atoms with Gasteiger partial charge in [-0.3, -0.25) is 9.38 Å². The fourth-order valence-electron chi connectivity index (χ4n) is 3.22. The van der Waals surface area contributed by atoms with Gasteiger partial charge < -0.3 is 5.11 Å². The van der Waals surface area contributed by atoms with Crippen molar-refractivity contribution < 1.29 is 31.4 Å². The Hall–Kier alpha value is -3.56. The predicted octanol–water partition coefficient (Wildman–Crippen LogP) is 6.04. The first kappa shape index (κ1) is 20.7. The fourth-order valence-corrected chi connectivity index (χ4v) is 3.22. The molecule has 0 unspecified atom stereocenters. The molecule has 2 aromatic carbocycles. The third kappa shape index (κ3) is 3.80. The molecule has 0 saturated carbocycles. The summed E-state index contributed by atoms with van der Waals surface area (Å²) in [7, 11) is 0. The molecule has 0 spiro atoms. The van der Waals surface area contributed by atoms with Gasteiger partial charge in [-0.25, -0.2) is 9.37 Å². The molecule has 4 nitrogen and oxygen atoms in total. The lowest BCUT2D eigenvalue weighted by Gasteiger charge is -2.12. The highest BCUT2D eigenvalue weighted by Crippen LogP contribution is 2.38. The Morgan fingerprint density at radius 3 is 2.39 bits per heavy atom. The van der Waals surface area contributed by atoms with Crippen LogP contribution in [0.3, 0.4) is 0 Å². The largest absolute Gasteiger partial charge is 0.508 e. The van der Waals surface area contributed by atoms with Gasteiger partial charge in [-0.2, -0.15) is 22.0 Å². The third-order valence-corrected chi connectivity index (χ3v) is 4.62. The van der Waals surface area contributed by atoms with Gasteiger partial charge in [0.1, 0.15) is 17.3 Å². The van der Waals surface area contributed by atoms with E-state index in [9.17, 15) is 31.4 Å². The molecule has 0 atom stereocenters.